The first-order chi connectivity index (χ1) is 8.95. The van der Waals surface area contributed by atoms with Crippen molar-refractivity contribution in [3.63, 3.8) is 0 Å². The number of rotatable bonds is 3. The fraction of sp³-hybridized carbons (Fsp3) is 0.625. The molecule has 1 fully saturated rings. The first-order valence-corrected chi connectivity index (χ1v) is 7.45. The van der Waals surface area contributed by atoms with E-state index in [1.54, 1.807) is 6.07 Å². The van der Waals surface area contributed by atoms with E-state index in [0.717, 1.165) is 18.4 Å². The molecule has 1 aliphatic carbocycles. The second-order valence-electron chi connectivity index (χ2n) is 6.18. The van der Waals surface area contributed by atoms with Gasteiger partial charge in [0.2, 0.25) is 0 Å². The second kappa shape index (κ2) is 6.23. The van der Waals surface area contributed by atoms with Gasteiger partial charge in [-0.2, -0.15) is 0 Å². The highest BCUT2D eigenvalue weighted by Gasteiger charge is 2.29. The van der Waals surface area contributed by atoms with Crippen molar-refractivity contribution in [2.75, 3.05) is 0 Å². The Labute approximate surface area is 119 Å². The molecule has 0 spiro atoms. The van der Waals surface area contributed by atoms with E-state index in [1.807, 2.05) is 0 Å². The zero-order chi connectivity index (χ0) is 14.0. The van der Waals surface area contributed by atoms with E-state index < -0.39 is 0 Å². The molecule has 106 valence electrons. The van der Waals surface area contributed by atoms with Gasteiger partial charge in [-0.15, -0.1) is 0 Å². The topological polar surface area (TPSA) is 20.2 Å². The van der Waals surface area contributed by atoms with Crippen molar-refractivity contribution in [2.45, 2.75) is 45.6 Å². The molecule has 0 saturated heterocycles. The maximum Gasteiger partial charge on any atom is 0.124 e. The highest BCUT2D eigenvalue weighted by atomic mass is 35.5. The molecule has 0 heterocycles. The van der Waals surface area contributed by atoms with Crippen LogP contribution in [0.15, 0.2) is 18.2 Å². The van der Waals surface area contributed by atoms with Crippen LogP contribution in [0.4, 0.5) is 4.39 Å². The molecule has 0 aliphatic heterocycles. The summed E-state index contributed by atoms with van der Waals surface area (Å²) in [7, 11) is 0. The van der Waals surface area contributed by atoms with Crippen molar-refractivity contribution in [3.05, 3.63) is 34.6 Å². The molecule has 3 unspecified atom stereocenters. The SMILES string of the molecule is CC1CC(C)CC(C(O)Cc2ccc(F)cc2Cl)C1. The first-order valence-electron chi connectivity index (χ1n) is 7.07. The predicted octanol–water partition coefficient (Wildman–Crippen LogP) is 4.45. The van der Waals surface area contributed by atoms with E-state index in [0.29, 0.717) is 29.2 Å². The number of hydrogen-bond donors (Lipinski definition) is 1. The number of benzene rings is 1. The van der Waals surface area contributed by atoms with Gasteiger partial charge in [0, 0.05) is 11.4 Å². The number of aliphatic hydroxyl groups excluding tert-OH is 1. The Morgan fingerprint density at radius 3 is 2.47 bits per heavy atom. The standard InChI is InChI=1S/C16H22ClFO/c1-10-5-11(2)7-13(6-10)16(19)8-12-3-4-14(18)9-15(12)17/h3-4,9-11,13,16,19H,5-8H2,1-2H3. The second-order valence-corrected chi connectivity index (χ2v) is 6.59. The summed E-state index contributed by atoms with van der Waals surface area (Å²) in [5.41, 5.74) is 0.835. The lowest BCUT2D eigenvalue weighted by molar-refractivity contribution is 0.0561. The van der Waals surface area contributed by atoms with Gasteiger partial charge in [0.25, 0.3) is 0 Å². The highest BCUT2D eigenvalue weighted by molar-refractivity contribution is 6.31. The molecule has 2 rings (SSSR count). The van der Waals surface area contributed by atoms with Crippen molar-refractivity contribution < 1.29 is 9.50 Å². The summed E-state index contributed by atoms with van der Waals surface area (Å²) in [6, 6.07) is 4.40. The van der Waals surface area contributed by atoms with Crippen molar-refractivity contribution in [1.29, 1.82) is 0 Å². The van der Waals surface area contributed by atoms with E-state index in [9.17, 15) is 9.50 Å². The zero-order valence-corrected chi connectivity index (χ0v) is 12.3. The third-order valence-electron chi connectivity index (χ3n) is 4.20. The van der Waals surface area contributed by atoms with Crippen molar-refractivity contribution in [1.82, 2.24) is 0 Å². The summed E-state index contributed by atoms with van der Waals surface area (Å²) in [4.78, 5) is 0. The Hall–Kier alpha value is -0.600. The monoisotopic (exact) mass is 284 g/mol. The molecule has 0 amide bonds. The molecule has 1 aromatic rings. The van der Waals surface area contributed by atoms with Crippen LogP contribution >= 0.6 is 11.6 Å². The van der Waals surface area contributed by atoms with Gasteiger partial charge in [0.1, 0.15) is 5.82 Å². The molecule has 3 heteroatoms. The minimum absolute atomic E-state index is 0.330. The van der Waals surface area contributed by atoms with Crippen LogP contribution in [0, 0.1) is 23.6 Å². The molecule has 1 saturated carbocycles. The predicted molar refractivity (Wildman–Crippen MR) is 76.8 cm³/mol. The largest absolute Gasteiger partial charge is 0.392 e. The Morgan fingerprint density at radius 2 is 1.89 bits per heavy atom. The highest BCUT2D eigenvalue weighted by Crippen LogP contribution is 2.36. The molecule has 0 radical (unpaired) electrons. The average Bonchev–Trinajstić information content (AvgIpc) is 2.31. The van der Waals surface area contributed by atoms with E-state index in [4.69, 9.17) is 11.6 Å². The van der Waals surface area contributed by atoms with Gasteiger partial charge in [-0.3, -0.25) is 0 Å². The minimum Gasteiger partial charge on any atom is -0.392 e. The molecule has 19 heavy (non-hydrogen) atoms. The molecule has 1 aliphatic rings. The van der Waals surface area contributed by atoms with Crippen LogP contribution in [0.3, 0.4) is 0 Å². The minimum atomic E-state index is -0.381. The van der Waals surface area contributed by atoms with E-state index >= 15 is 0 Å². The Balaban J connectivity index is 2.02. The summed E-state index contributed by atoms with van der Waals surface area (Å²) >= 11 is 6.02. The van der Waals surface area contributed by atoms with Crippen molar-refractivity contribution in [2.24, 2.45) is 17.8 Å². The van der Waals surface area contributed by atoms with E-state index in [-0.39, 0.29) is 11.9 Å². The van der Waals surface area contributed by atoms with Gasteiger partial charge in [-0.25, -0.2) is 4.39 Å². The van der Waals surface area contributed by atoms with Gasteiger partial charge < -0.3 is 5.11 Å². The summed E-state index contributed by atoms with van der Waals surface area (Å²) < 4.78 is 13.0. The third kappa shape index (κ3) is 3.93. The quantitative estimate of drug-likeness (QED) is 0.869. The molecule has 1 aromatic carbocycles. The fourth-order valence-corrected chi connectivity index (χ4v) is 3.65. The molecule has 1 N–H and O–H groups in total. The third-order valence-corrected chi connectivity index (χ3v) is 4.56. The maximum absolute atomic E-state index is 13.0. The average molecular weight is 285 g/mol. The van der Waals surface area contributed by atoms with E-state index in [1.165, 1.54) is 18.6 Å². The number of aliphatic hydroxyl groups is 1. The van der Waals surface area contributed by atoms with Gasteiger partial charge in [-0.05, 0) is 54.7 Å². The maximum atomic E-state index is 13.0. The van der Waals surface area contributed by atoms with Gasteiger partial charge in [-0.1, -0.05) is 31.5 Å². The normalized spacial score (nSPS) is 29.2. The lowest BCUT2D eigenvalue weighted by Crippen LogP contribution is -2.30. The van der Waals surface area contributed by atoms with Crippen LogP contribution in [-0.4, -0.2) is 11.2 Å². The Morgan fingerprint density at radius 1 is 1.26 bits per heavy atom. The van der Waals surface area contributed by atoms with Crippen LogP contribution < -0.4 is 0 Å². The summed E-state index contributed by atoms with van der Waals surface area (Å²) in [5.74, 6) is 1.35. The zero-order valence-electron chi connectivity index (χ0n) is 11.6. The van der Waals surface area contributed by atoms with Crippen molar-refractivity contribution >= 4 is 11.6 Å². The Bertz CT molecular complexity index is 425. The van der Waals surface area contributed by atoms with Crippen molar-refractivity contribution in [3.8, 4) is 0 Å². The molecular weight excluding hydrogens is 263 g/mol. The number of halogens is 2. The van der Waals surface area contributed by atoms with Crippen LogP contribution in [0.5, 0.6) is 0 Å². The van der Waals surface area contributed by atoms with Crippen LogP contribution in [-0.2, 0) is 6.42 Å². The van der Waals surface area contributed by atoms with Gasteiger partial charge >= 0.3 is 0 Å². The molecule has 1 nitrogen and oxygen atoms in total. The van der Waals surface area contributed by atoms with Gasteiger partial charge in [0.05, 0.1) is 6.10 Å². The summed E-state index contributed by atoms with van der Waals surface area (Å²) in [6.07, 6.45) is 3.53. The smallest absolute Gasteiger partial charge is 0.124 e. The van der Waals surface area contributed by atoms with Gasteiger partial charge in [0.15, 0.2) is 0 Å². The summed E-state index contributed by atoms with van der Waals surface area (Å²) in [5, 5.41) is 10.8. The lowest BCUT2D eigenvalue weighted by atomic mass is 9.73. The molecule has 0 bridgehead atoms. The fourth-order valence-electron chi connectivity index (χ4n) is 3.40. The number of hydrogen-bond acceptors (Lipinski definition) is 1. The van der Waals surface area contributed by atoms with Crippen LogP contribution in [0.2, 0.25) is 5.02 Å². The molecular formula is C16H22ClFO. The van der Waals surface area contributed by atoms with Crippen LogP contribution in [0.1, 0.15) is 38.7 Å². The van der Waals surface area contributed by atoms with Crippen LogP contribution in [0.25, 0.3) is 0 Å². The molecule has 3 atom stereocenters. The Kier molecular flexibility index (Phi) is 4.86. The molecule has 0 aromatic heterocycles. The summed E-state index contributed by atoms with van der Waals surface area (Å²) in [6.45, 7) is 4.50. The van der Waals surface area contributed by atoms with E-state index in [2.05, 4.69) is 13.8 Å². The first kappa shape index (κ1) is 14.8. The lowest BCUT2D eigenvalue weighted by Gasteiger charge is -2.34.